The summed E-state index contributed by atoms with van der Waals surface area (Å²) in [5, 5.41) is 21.5. The number of esters is 1. The van der Waals surface area contributed by atoms with Crippen LogP contribution >= 0.6 is 22.9 Å². The SMILES string of the molecule is Bn1nnc(C2=C(CCl)C[S+]([O-])[C@@H]3[C@H](NC(=O)/C(=N\OC(C)(C)C(=O)OC(C)(C)C)c4csc(NC(=O)OC(C)(C)C)n4)C(=O)N23)n1. The molecule has 0 saturated carbocycles. The summed E-state index contributed by atoms with van der Waals surface area (Å²) < 4.78 is 25.1. The van der Waals surface area contributed by atoms with Gasteiger partial charge in [-0.15, -0.1) is 33.1 Å². The van der Waals surface area contributed by atoms with Crippen LogP contribution in [-0.4, -0.2) is 112 Å². The lowest BCUT2D eigenvalue weighted by atomic mass is 10.0. The maximum atomic E-state index is 13.8. The van der Waals surface area contributed by atoms with E-state index in [2.05, 4.69) is 36.2 Å². The third-order valence-electron chi connectivity index (χ3n) is 6.20. The number of carbonyl (C=O) groups is 4. The van der Waals surface area contributed by atoms with Crippen molar-refractivity contribution in [2.75, 3.05) is 16.9 Å². The van der Waals surface area contributed by atoms with Crippen LogP contribution in [0.4, 0.5) is 9.93 Å². The fraction of sp³-hybridized carbons (Fsp3) is 0.577. The van der Waals surface area contributed by atoms with Gasteiger partial charge in [0.2, 0.25) is 16.8 Å². The van der Waals surface area contributed by atoms with E-state index >= 15 is 0 Å². The molecule has 2 aliphatic rings. The third-order valence-corrected chi connectivity index (χ3v) is 8.93. The molecule has 0 aromatic carbocycles. The molecule has 1 saturated heterocycles. The number of thiazole rings is 1. The first kappa shape index (κ1) is 36.1. The van der Waals surface area contributed by atoms with Gasteiger partial charge >= 0.3 is 12.1 Å². The highest BCUT2D eigenvalue weighted by molar-refractivity contribution is 7.92. The normalized spacial score (nSPS) is 20.3. The third kappa shape index (κ3) is 8.41. The maximum Gasteiger partial charge on any atom is 0.413 e. The number of hydrogen-bond donors (Lipinski definition) is 2. The zero-order chi connectivity index (χ0) is 35.1. The van der Waals surface area contributed by atoms with E-state index in [0.717, 1.165) is 11.3 Å². The highest BCUT2D eigenvalue weighted by Crippen LogP contribution is 2.40. The standard InChI is InChI=1S/C26H35BClN9O8S2/c1-24(2,3)43-21(40)26(7,8)45-34-14(13-10-46-22(29-13)31-23(41)44-25(4,5)6)18(38)30-15-19(39)36-16(17-32-35-37(27)33-17)12(9-28)11-47(42)20(15)36/h10,15,20H,9,11,27H2,1-8H3,(H,30,38)(H,29,31,41)/b34-14-/t15-,20-,47?/m1/s1. The molecule has 1 unspecified atom stereocenters. The molecule has 2 aliphatic heterocycles. The molecule has 4 heterocycles. The highest BCUT2D eigenvalue weighted by Gasteiger charge is 2.60. The maximum absolute atomic E-state index is 13.8. The number of amides is 3. The number of anilines is 1. The van der Waals surface area contributed by atoms with Gasteiger partial charge in [0.05, 0.1) is 5.88 Å². The summed E-state index contributed by atoms with van der Waals surface area (Å²) in [5.74, 6) is -2.18. The van der Waals surface area contributed by atoms with Gasteiger partial charge in [-0.2, -0.15) is 0 Å². The molecule has 3 amide bonds. The zero-order valence-corrected chi connectivity index (χ0v) is 29.6. The molecule has 0 aliphatic carbocycles. The van der Waals surface area contributed by atoms with Gasteiger partial charge in [-0.25, -0.2) is 19.3 Å². The van der Waals surface area contributed by atoms with Crippen LogP contribution in [0.3, 0.4) is 0 Å². The van der Waals surface area contributed by atoms with Crippen LogP contribution in [-0.2, 0) is 39.9 Å². The number of fused-ring (bicyclic) bond motifs is 1. The Hall–Kier alpha value is -3.75. The van der Waals surface area contributed by atoms with Crippen molar-refractivity contribution in [2.45, 2.75) is 83.6 Å². The fourth-order valence-electron chi connectivity index (χ4n) is 4.19. The topological polar surface area (TPSA) is 215 Å². The first-order valence-corrected chi connectivity index (χ1v) is 17.0. The van der Waals surface area contributed by atoms with Crippen molar-refractivity contribution in [2.24, 2.45) is 5.16 Å². The number of rotatable bonds is 9. The minimum atomic E-state index is -1.66. The molecule has 47 heavy (non-hydrogen) atoms. The van der Waals surface area contributed by atoms with E-state index < -0.39 is 69.0 Å². The first-order chi connectivity index (χ1) is 21.7. The summed E-state index contributed by atoms with van der Waals surface area (Å²) >= 11 is 5.43. The van der Waals surface area contributed by atoms with Gasteiger partial charge in [0, 0.05) is 11.0 Å². The summed E-state index contributed by atoms with van der Waals surface area (Å²) in [4.78, 5) is 63.4. The van der Waals surface area contributed by atoms with Crippen LogP contribution in [0, 0.1) is 0 Å². The number of alkyl halides is 1. The highest BCUT2D eigenvalue weighted by atomic mass is 35.5. The Morgan fingerprint density at radius 2 is 1.83 bits per heavy atom. The molecule has 17 nitrogen and oxygen atoms in total. The molecule has 1 fully saturated rings. The summed E-state index contributed by atoms with van der Waals surface area (Å²) in [6.07, 6.45) is -0.777. The van der Waals surface area contributed by atoms with Gasteiger partial charge < -0.3 is 24.2 Å². The van der Waals surface area contributed by atoms with E-state index in [0.29, 0.717) is 5.57 Å². The van der Waals surface area contributed by atoms with Crippen LogP contribution in [0.5, 0.6) is 0 Å². The lowest BCUT2D eigenvalue weighted by Crippen LogP contribution is -2.74. The van der Waals surface area contributed by atoms with Gasteiger partial charge in [-0.3, -0.25) is 19.8 Å². The smallest absolute Gasteiger partial charge is 0.413 e. The van der Waals surface area contributed by atoms with Crippen LogP contribution < -0.4 is 10.6 Å². The molecule has 4 rings (SSSR count). The Balaban J connectivity index is 1.62. The Morgan fingerprint density at radius 3 is 2.40 bits per heavy atom. The van der Waals surface area contributed by atoms with Crippen LogP contribution in [0.25, 0.3) is 5.70 Å². The summed E-state index contributed by atoms with van der Waals surface area (Å²) in [5.41, 5.74) is -2.98. The second kappa shape index (κ2) is 13.4. The molecule has 0 bridgehead atoms. The molecule has 2 aromatic rings. The van der Waals surface area contributed by atoms with Crippen molar-refractivity contribution in [1.82, 2.24) is 35.3 Å². The van der Waals surface area contributed by atoms with Gasteiger partial charge in [0.15, 0.2) is 16.9 Å². The van der Waals surface area contributed by atoms with Gasteiger partial charge in [0.1, 0.15) is 28.3 Å². The molecule has 0 spiro atoms. The summed E-state index contributed by atoms with van der Waals surface area (Å²) in [6.45, 7) is 12.9. The minimum Gasteiger partial charge on any atom is -0.614 e. The van der Waals surface area contributed by atoms with Crippen molar-refractivity contribution in [3.05, 3.63) is 22.5 Å². The van der Waals surface area contributed by atoms with E-state index in [4.69, 9.17) is 25.9 Å². The van der Waals surface area contributed by atoms with Gasteiger partial charge in [-0.05, 0) is 66.6 Å². The Morgan fingerprint density at radius 1 is 1.17 bits per heavy atom. The molecule has 2 N–H and O–H groups in total. The quantitative estimate of drug-likeness (QED) is 0.0702. The van der Waals surface area contributed by atoms with Crippen molar-refractivity contribution >= 4 is 82.5 Å². The summed E-state index contributed by atoms with van der Waals surface area (Å²) in [6, 6.07) is -1.24. The monoisotopic (exact) mass is 711 g/mol. The van der Waals surface area contributed by atoms with E-state index in [9.17, 15) is 23.7 Å². The molecule has 2 aromatic heterocycles. The molecule has 254 valence electrons. The number of tetrazole rings is 1. The Labute approximate surface area is 283 Å². The molecule has 21 heteroatoms. The molecular weight excluding hydrogens is 677 g/mol. The number of halogens is 1. The summed E-state index contributed by atoms with van der Waals surface area (Å²) in [7, 11) is 1.55. The predicted molar refractivity (Wildman–Crippen MR) is 174 cm³/mol. The van der Waals surface area contributed by atoms with Crippen LogP contribution in [0.2, 0.25) is 0 Å². The lowest BCUT2D eigenvalue weighted by Gasteiger charge is -2.49. The molecule has 3 atom stereocenters. The second-order valence-corrected chi connectivity index (χ2v) is 15.6. The van der Waals surface area contributed by atoms with Crippen LogP contribution in [0.15, 0.2) is 16.1 Å². The van der Waals surface area contributed by atoms with Gasteiger partial charge in [-0.1, -0.05) is 10.4 Å². The van der Waals surface area contributed by atoms with E-state index in [-0.39, 0.29) is 34.0 Å². The molecule has 0 radical (unpaired) electrons. The van der Waals surface area contributed by atoms with Crippen molar-refractivity contribution in [1.29, 1.82) is 0 Å². The van der Waals surface area contributed by atoms with Crippen molar-refractivity contribution in [3.8, 4) is 0 Å². The number of nitrogens with zero attached hydrogens (tertiary/aromatic N) is 7. The lowest BCUT2D eigenvalue weighted by molar-refractivity contribution is -0.179. The van der Waals surface area contributed by atoms with Crippen molar-refractivity contribution in [3.63, 3.8) is 0 Å². The number of nitrogens with one attached hydrogen (secondary N) is 2. The minimum absolute atomic E-state index is 0.0117. The first-order valence-electron chi connectivity index (χ1n) is 14.2. The number of β-lactam (4-membered cyclic amide) rings is 1. The zero-order valence-electron chi connectivity index (χ0n) is 27.2. The number of carbonyl (C=O) groups excluding carboxylic acids is 4. The average Bonchev–Trinajstić information content (AvgIpc) is 3.57. The van der Waals surface area contributed by atoms with E-state index in [1.165, 1.54) is 28.8 Å². The van der Waals surface area contributed by atoms with Crippen molar-refractivity contribution < 1.29 is 38.0 Å². The number of hydrogen-bond acceptors (Lipinski definition) is 14. The molecular formula is C26H35BClN9O8S2. The number of ether oxygens (including phenoxy) is 2. The van der Waals surface area contributed by atoms with E-state index in [1.807, 2.05) is 0 Å². The largest absolute Gasteiger partial charge is 0.614 e. The fourth-order valence-corrected chi connectivity index (χ4v) is 6.89. The van der Waals surface area contributed by atoms with Gasteiger partial charge in [0.25, 0.3) is 19.8 Å². The number of aromatic nitrogens is 5. The second-order valence-electron chi connectivity index (χ2n) is 13.0. The average molecular weight is 712 g/mol. The Kier molecular flexibility index (Phi) is 10.3. The van der Waals surface area contributed by atoms with Crippen LogP contribution in [0.1, 0.15) is 66.9 Å². The predicted octanol–water partition coefficient (Wildman–Crippen LogP) is 0.779. The Bertz CT molecular complexity index is 1630. The van der Waals surface area contributed by atoms with E-state index in [1.54, 1.807) is 49.5 Å². The number of oxime groups is 1.